The van der Waals surface area contributed by atoms with Crippen LogP contribution in [0.5, 0.6) is 5.75 Å². The number of aromatic nitrogens is 3. The minimum atomic E-state index is -0.501. The lowest BCUT2D eigenvalue weighted by Crippen LogP contribution is -2.31. The maximum atomic E-state index is 13.7. The van der Waals surface area contributed by atoms with Gasteiger partial charge in [-0.15, -0.1) is 5.10 Å². The van der Waals surface area contributed by atoms with Gasteiger partial charge in [-0.3, -0.25) is 4.79 Å². The molecule has 5 rings (SSSR count). The summed E-state index contributed by atoms with van der Waals surface area (Å²) < 4.78 is 7.88. The van der Waals surface area contributed by atoms with Gasteiger partial charge in [-0.25, -0.2) is 4.68 Å². The van der Waals surface area contributed by atoms with Crippen LogP contribution in [-0.2, 0) is 11.4 Å². The van der Waals surface area contributed by atoms with Gasteiger partial charge >= 0.3 is 0 Å². The molecule has 0 spiro atoms. The van der Waals surface area contributed by atoms with E-state index in [1.54, 1.807) is 16.4 Å². The monoisotopic (exact) mass is 545 g/mol. The predicted molar refractivity (Wildman–Crippen MR) is 153 cm³/mol. The van der Waals surface area contributed by atoms with Crippen molar-refractivity contribution in [2.45, 2.75) is 38.6 Å². The van der Waals surface area contributed by atoms with Crippen molar-refractivity contribution in [3.05, 3.63) is 106 Å². The largest absolute Gasteiger partial charge is 0.489 e. The molecule has 9 heteroatoms. The molecule has 1 unspecified atom stereocenters. The first-order valence-corrected chi connectivity index (χ1v) is 13.7. The van der Waals surface area contributed by atoms with Crippen LogP contribution in [0.15, 0.2) is 89.2 Å². The summed E-state index contributed by atoms with van der Waals surface area (Å²) in [5.41, 5.74) is 4.83. The summed E-state index contributed by atoms with van der Waals surface area (Å²) in [7, 11) is 0. The standard InChI is InChI=1S/C29H28ClN5O2S/c1-4-38-29-33-28-31-19(3)25(27(36)32-22-12-7-9-18(2)15-22)26(35(28)34-29)20-11-8-13-23(16-20)37-17-21-10-5-6-14-24(21)30/h5-16,26H,4,17H2,1-3H3,(H,32,36)(H,31,33,34). The predicted octanol–water partition coefficient (Wildman–Crippen LogP) is 6.86. The van der Waals surface area contributed by atoms with Crippen molar-refractivity contribution in [3.8, 4) is 5.75 Å². The van der Waals surface area contributed by atoms with Gasteiger partial charge in [0, 0.05) is 22.0 Å². The van der Waals surface area contributed by atoms with Gasteiger partial charge in [-0.2, -0.15) is 4.98 Å². The number of allylic oxidation sites excluding steroid dienone is 1. The van der Waals surface area contributed by atoms with Gasteiger partial charge in [0.25, 0.3) is 5.91 Å². The number of anilines is 2. The second-order valence-corrected chi connectivity index (χ2v) is 10.6. The number of hydrogen-bond acceptors (Lipinski definition) is 6. The van der Waals surface area contributed by atoms with Crippen LogP contribution in [0, 0.1) is 6.92 Å². The second-order valence-electron chi connectivity index (χ2n) is 8.94. The minimum Gasteiger partial charge on any atom is -0.489 e. The molecular formula is C29H28ClN5O2S. The maximum absolute atomic E-state index is 13.7. The maximum Gasteiger partial charge on any atom is 0.255 e. The van der Waals surface area contributed by atoms with Crippen molar-refractivity contribution < 1.29 is 9.53 Å². The van der Waals surface area contributed by atoms with Crippen LogP contribution < -0.4 is 15.4 Å². The molecule has 1 aliphatic rings. The SMILES string of the molecule is CCSc1nc2n(n1)C(c1cccc(OCc3ccccc3Cl)c1)C(C(=O)Nc1cccc(C)c1)=C(C)N2. The number of hydrogen-bond donors (Lipinski definition) is 2. The number of aryl methyl sites for hydroxylation is 1. The molecule has 194 valence electrons. The number of nitrogens with one attached hydrogen (secondary N) is 2. The van der Waals surface area contributed by atoms with E-state index in [4.69, 9.17) is 21.4 Å². The van der Waals surface area contributed by atoms with E-state index in [1.165, 1.54) is 0 Å². The Morgan fingerprint density at radius 1 is 1.11 bits per heavy atom. The number of nitrogens with zero attached hydrogens (tertiary/aromatic N) is 3. The fourth-order valence-electron chi connectivity index (χ4n) is 4.40. The zero-order valence-corrected chi connectivity index (χ0v) is 22.9. The van der Waals surface area contributed by atoms with Crippen LogP contribution in [-0.4, -0.2) is 26.4 Å². The molecule has 4 aromatic rings. The molecule has 0 saturated heterocycles. The van der Waals surface area contributed by atoms with Gasteiger partial charge in [0.2, 0.25) is 11.1 Å². The van der Waals surface area contributed by atoms with Crippen LogP contribution in [0.25, 0.3) is 0 Å². The minimum absolute atomic E-state index is 0.209. The Morgan fingerprint density at radius 2 is 1.92 bits per heavy atom. The Bertz CT molecular complexity index is 1520. The average molecular weight is 546 g/mol. The van der Waals surface area contributed by atoms with Crippen LogP contribution in [0.1, 0.15) is 36.6 Å². The molecule has 1 atom stereocenters. The van der Waals surface area contributed by atoms with Crippen LogP contribution in [0.4, 0.5) is 11.6 Å². The molecule has 3 aromatic carbocycles. The Hall–Kier alpha value is -3.75. The Morgan fingerprint density at radius 3 is 2.71 bits per heavy atom. The average Bonchev–Trinajstić information content (AvgIpc) is 3.29. The lowest BCUT2D eigenvalue weighted by Gasteiger charge is -2.29. The topological polar surface area (TPSA) is 81.1 Å². The third kappa shape index (κ3) is 5.56. The van der Waals surface area contributed by atoms with Crippen LogP contribution in [0.2, 0.25) is 5.02 Å². The van der Waals surface area contributed by atoms with Crippen molar-refractivity contribution in [3.63, 3.8) is 0 Å². The van der Waals surface area contributed by atoms with Crippen molar-refractivity contribution in [2.75, 3.05) is 16.4 Å². The van der Waals surface area contributed by atoms with E-state index in [2.05, 4.69) is 22.5 Å². The number of carbonyl (C=O) groups is 1. The number of thioether (sulfide) groups is 1. The molecule has 1 aliphatic heterocycles. The summed E-state index contributed by atoms with van der Waals surface area (Å²) in [6.45, 7) is 6.27. The summed E-state index contributed by atoms with van der Waals surface area (Å²) in [5, 5.41) is 12.4. The third-order valence-corrected chi connectivity index (χ3v) is 7.24. The summed E-state index contributed by atoms with van der Waals surface area (Å²) in [6.07, 6.45) is 0. The zero-order chi connectivity index (χ0) is 26.6. The molecule has 38 heavy (non-hydrogen) atoms. The number of carbonyl (C=O) groups excluding carboxylic acids is 1. The van der Waals surface area contributed by atoms with E-state index in [1.807, 2.05) is 86.6 Å². The number of fused-ring (bicyclic) bond motifs is 1. The highest BCUT2D eigenvalue weighted by Gasteiger charge is 2.34. The van der Waals surface area contributed by atoms with E-state index in [-0.39, 0.29) is 5.91 Å². The van der Waals surface area contributed by atoms with Gasteiger partial charge in [0.1, 0.15) is 18.4 Å². The van der Waals surface area contributed by atoms with E-state index in [0.717, 1.165) is 33.8 Å². The number of rotatable bonds is 8. The summed E-state index contributed by atoms with van der Waals surface area (Å²) in [5.74, 6) is 1.89. The van der Waals surface area contributed by atoms with Gasteiger partial charge in [-0.1, -0.05) is 72.8 Å². The number of ether oxygens (including phenoxy) is 1. The van der Waals surface area contributed by atoms with E-state index >= 15 is 0 Å². The van der Waals surface area contributed by atoms with Gasteiger partial charge in [0.15, 0.2) is 0 Å². The lowest BCUT2D eigenvalue weighted by atomic mass is 9.94. The van der Waals surface area contributed by atoms with Gasteiger partial charge in [0.05, 0.1) is 5.57 Å². The molecule has 0 bridgehead atoms. The molecule has 0 saturated carbocycles. The first-order valence-electron chi connectivity index (χ1n) is 12.3. The molecular weight excluding hydrogens is 518 g/mol. The second kappa shape index (κ2) is 11.3. The normalized spacial score (nSPS) is 14.6. The highest BCUT2D eigenvalue weighted by Crippen LogP contribution is 2.38. The van der Waals surface area contributed by atoms with Crippen molar-refractivity contribution in [1.82, 2.24) is 14.8 Å². The fourth-order valence-corrected chi connectivity index (χ4v) is 5.14. The van der Waals surface area contributed by atoms with Crippen LogP contribution >= 0.6 is 23.4 Å². The third-order valence-electron chi connectivity index (χ3n) is 6.15. The fraction of sp³-hybridized carbons (Fsp3) is 0.207. The summed E-state index contributed by atoms with van der Waals surface area (Å²) in [4.78, 5) is 18.4. The number of halogens is 1. The molecule has 0 radical (unpaired) electrons. The van der Waals surface area contributed by atoms with Gasteiger partial charge < -0.3 is 15.4 Å². The Labute approximate surface area is 231 Å². The summed E-state index contributed by atoms with van der Waals surface area (Å²) in [6, 6.07) is 22.6. The van der Waals surface area contributed by atoms with E-state index in [0.29, 0.717) is 34.1 Å². The van der Waals surface area contributed by atoms with Crippen molar-refractivity contribution in [2.24, 2.45) is 0 Å². The molecule has 2 N–H and O–H groups in total. The lowest BCUT2D eigenvalue weighted by molar-refractivity contribution is -0.113. The first kappa shape index (κ1) is 25.9. The summed E-state index contributed by atoms with van der Waals surface area (Å²) >= 11 is 7.87. The van der Waals surface area contributed by atoms with E-state index < -0.39 is 6.04 Å². The Kier molecular flexibility index (Phi) is 7.72. The van der Waals surface area contributed by atoms with Gasteiger partial charge in [-0.05, 0) is 61.1 Å². The molecule has 0 fully saturated rings. The van der Waals surface area contributed by atoms with Crippen LogP contribution in [0.3, 0.4) is 0 Å². The van der Waals surface area contributed by atoms with E-state index in [9.17, 15) is 4.79 Å². The number of amides is 1. The Balaban J connectivity index is 1.51. The highest BCUT2D eigenvalue weighted by molar-refractivity contribution is 7.99. The molecule has 1 amide bonds. The first-order chi connectivity index (χ1) is 18.4. The van der Waals surface area contributed by atoms with Crippen molar-refractivity contribution >= 4 is 40.9 Å². The highest BCUT2D eigenvalue weighted by atomic mass is 35.5. The molecule has 7 nitrogen and oxygen atoms in total. The number of benzene rings is 3. The zero-order valence-electron chi connectivity index (χ0n) is 21.4. The molecule has 0 aliphatic carbocycles. The quantitative estimate of drug-likeness (QED) is 0.235. The molecule has 2 heterocycles. The smallest absolute Gasteiger partial charge is 0.255 e. The van der Waals surface area contributed by atoms with Crippen molar-refractivity contribution in [1.29, 1.82) is 0 Å². The molecule has 1 aromatic heterocycles.